The minimum absolute atomic E-state index is 0.0448. The highest BCUT2D eigenvalue weighted by molar-refractivity contribution is 5.72. The molecule has 0 heterocycles. The zero-order valence-corrected chi connectivity index (χ0v) is 10.7. The normalized spacial score (nSPS) is 22.8. The largest absolute Gasteiger partial charge is 0.497 e. The molecule has 0 saturated heterocycles. The molecule has 4 nitrogen and oxygen atoms in total. The van der Waals surface area contributed by atoms with Gasteiger partial charge in [0.25, 0.3) is 0 Å². The maximum Gasteiger partial charge on any atom is 0.307 e. The van der Waals surface area contributed by atoms with Gasteiger partial charge in [0, 0.05) is 12.0 Å². The number of carboxylic acid groups (broad SMARTS) is 1. The molecule has 1 fully saturated rings. The van der Waals surface area contributed by atoms with Crippen molar-refractivity contribution in [1.29, 1.82) is 0 Å². The highest BCUT2D eigenvalue weighted by atomic mass is 16.5. The van der Waals surface area contributed by atoms with Crippen molar-refractivity contribution in [3.63, 3.8) is 0 Å². The van der Waals surface area contributed by atoms with Gasteiger partial charge in [0.1, 0.15) is 11.5 Å². The summed E-state index contributed by atoms with van der Waals surface area (Å²) in [6, 6.07) is 5.59. The fraction of sp³-hybridized carbons (Fsp3) is 0.500. The highest BCUT2D eigenvalue weighted by Gasteiger charge is 2.35. The van der Waals surface area contributed by atoms with Gasteiger partial charge in [0.05, 0.1) is 20.1 Å². The lowest BCUT2D eigenvalue weighted by molar-refractivity contribution is -0.142. The van der Waals surface area contributed by atoms with Crippen LogP contribution in [-0.4, -0.2) is 25.3 Å². The van der Waals surface area contributed by atoms with Gasteiger partial charge in [-0.05, 0) is 24.5 Å². The van der Waals surface area contributed by atoms with Crippen LogP contribution in [-0.2, 0) is 4.79 Å². The number of rotatable bonds is 4. The maximum absolute atomic E-state index is 11.2. The lowest BCUT2D eigenvalue weighted by Gasteiger charge is -2.19. The Morgan fingerprint density at radius 1 is 1.28 bits per heavy atom. The lowest BCUT2D eigenvalue weighted by atomic mass is 9.88. The van der Waals surface area contributed by atoms with Crippen molar-refractivity contribution in [1.82, 2.24) is 0 Å². The molecule has 2 unspecified atom stereocenters. The molecule has 0 radical (unpaired) electrons. The van der Waals surface area contributed by atoms with E-state index in [0.29, 0.717) is 5.75 Å². The summed E-state index contributed by atoms with van der Waals surface area (Å²) in [5, 5.41) is 9.24. The Hall–Kier alpha value is -1.71. The number of hydrogen-bond donors (Lipinski definition) is 1. The molecule has 1 aromatic carbocycles. The monoisotopic (exact) mass is 250 g/mol. The van der Waals surface area contributed by atoms with Crippen LogP contribution >= 0.6 is 0 Å². The van der Waals surface area contributed by atoms with E-state index >= 15 is 0 Å². The van der Waals surface area contributed by atoms with Crippen molar-refractivity contribution in [2.75, 3.05) is 14.2 Å². The fourth-order valence-electron chi connectivity index (χ4n) is 2.75. The molecule has 98 valence electrons. The summed E-state index contributed by atoms with van der Waals surface area (Å²) >= 11 is 0. The lowest BCUT2D eigenvalue weighted by Crippen LogP contribution is -2.17. The number of carboxylic acids is 1. The van der Waals surface area contributed by atoms with Crippen LogP contribution < -0.4 is 9.47 Å². The molecule has 1 aliphatic rings. The standard InChI is InChI=1S/C14H18O4/c1-17-9-6-7-11(13(8-9)18-2)10-4-3-5-12(10)14(15)16/h6-8,10,12H,3-5H2,1-2H3,(H,15,16). The smallest absolute Gasteiger partial charge is 0.307 e. The number of ether oxygens (including phenoxy) is 2. The molecule has 0 aliphatic heterocycles. The zero-order chi connectivity index (χ0) is 13.1. The molecule has 0 amide bonds. The second kappa shape index (κ2) is 5.29. The Morgan fingerprint density at radius 2 is 2.06 bits per heavy atom. The van der Waals surface area contributed by atoms with Crippen molar-refractivity contribution in [2.45, 2.75) is 25.2 Å². The van der Waals surface area contributed by atoms with Gasteiger partial charge >= 0.3 is 5.97 Å². The summed E-state index contributed by atoms with van der Waals surface area (Å²) in [4.78, 5) is 11.2. The second-order valence-corrected chi connectivity index (χ2v) is 4.59. The summed E-state index contributed by atoms with van der Waals surface area (Å²) in [5.74, 6) is 0.471. The van der Waals surface area contributed by atoms with E-state index in [9.17, 15) is 9.90 Å². The van der Waals surface area contributed by atoms with E-state index in [2.05, 4.69) is 0 Å². The summed E-state index contributed by atoms with van der Waals surface area (Å²) in [7, 11) is 3.20. The summed E-state index contributed by atoms with van der Waals surface area (Å²) < 4.78 is 10.5. The Bertz CT molecular complexity index is 441. The van der Waals surface area contributed by atoms with Gasteiger partial charge < -0.3 is 14.6 Å². The molecule has 2 atom stereocenters. The summed E-state index contributed by atoms with van der Waals surface area (Å²) in [6.07, 6.45) is 2.60. The topological polar surface area (TPSA) is 55.8 Å². The first-order valence-electron chi connectivity index (χ1n) is 6.12. The number of methoxy groups -OCH3 is 2. The molecule has 18 heavy (non-hydrogen) atoms. The zero-order valence-electron chi connectivity index (χ0n) is 10.7. The quantitative estimate of drug-likeness (QED) is 0.892. The van der Waals surface area contributed by atoms with Crippen molar-refractivity contribution in [3.05, 3.63) is 23.8 Å². The number of hydrogen-bond acceptors (Lipinski definition) is 3. The third-order valence-corrected chi connectivity index (χ3v) is 3.67. The van der Waals surface area contributed by atoms with Crippen molar-refractivity contribution >= 4 is 5.97 Å². The van der Waals surface area contributed by atoms with Gasteiger partial charge in [-0.2, -0.15) is 0 Å². The van der Waals surface area contributed by atoms with E-state index in [1.807, 2.05) is 18.2 Å². The third kappa shape index (κ3) is 2.28. The summed E-state index contributed by atoms with van der Waals surface area (Å²) in [6.45, 7) is 0. The van der Waals surface area contributed by atoms with Crippen LogP contribution in [0.25, 0.3) is 0 Å². The molecule has 0 aromatic heterocycles. The molecular weight excluding hydrogens is 232 g/mol. The van der Waals surface area contributed by atoms with Crippen LogP contribution in [0.4, 0.5) is 0 Å². The van der Waals surface area contributed by atoms with Crippen LogP contribution in [0.2, 0.25) is 0 Å². The second-order valence-electron chi connectivity index (χ2n) is 4.59. The van der Waals surface area contributed by atoms with E-state index in [-0.39, 0.29) is 11.8 Å². The molecule has 1 saturated carbocycles. The van der Waals surface area contributed by atoms with Crippen molar-refractivity contribution in [3.8, 4) is 11.5 Å². The first-order valence-corrected chi connectivity index (χ1v) is 6.12. The molecule has 0 bridgehead atoms. The highest BCUT2D eigenvalue weighted by Crippen LogP contribution is 2.44. The predicted molar refractivity (Wildman–Crippen MR) is 67.3 cm³/mol. The SMILES string of the molecule is COc1ccc(C2CCCC2C(=O)O)c(OC)c1. The minimum atomic E-state index is -0.713. The number of carbonyl (C=O) groups is 1. The molecular formula is C14H18O4. The van der Waals surface area contributed by atoms with E-state index < -0.39 is 5.97 Å². The number of benzene rings is 1. The van der Waals surface area contributed by atoms with Crippen LogP contribution in [0.3, 0.4) is 0 Å². The average molecular weight is 250 g/mol. The van der Waals surface area contributed by atoms with Crippen LogP contribution in [0.5, 0.6) is 11.5 Å². The van der Waals surface area contributed by atoms with Gasteiger partial charge in [0.2, 0.25) is 0 Å². The Kier molecular flexibility index (Phi) is 3.75. The molecule has 0 spiro atoms. The summed E-state index contributed by atoms with van der Waals surface area (Å²) in [5.41, 5.74) is 0.975. The van der Waals surface area contributed by atoms with E-state index in [4.69, 9.17) is 9.47 Å². The minimum Gasteiger partial charge on any atom is -0.497 e. The predicted octanol–water partition coefficient (Wildman–Crippen LogP) is 2.67. The van der Waals surface area contributed by atoms with Gasteiger partial charge in [-0.15, -0.1) is 0 Å². The Morgan fingerprint density at radius 3 is 2.67 bits per heavy atom. The van der Waals surface area contributed by atoms with Crippen LogP contribution in [0.15, 0.2) is 18.2 Å². The third-order valence-electron chi connectivity index (χ3n) is 3.67. The fourth-order valence-corrected chi connectivity index (χ4v) is 2.75. The van der Waals surface area contributed by atoms with Crippen LogP contribution in [0, 0.1) is 5.92 Å². The molecule has 1 aliphatic carbocycles. The molecule has 4 heteroatoms. The van der Waals surface area contributed by atoms with E-state index in [1.165, 1.54) is 0 Å². The van der Waals surface area contributed by atoms with Gasteiger partial charge in [-0.25, -0.2) is 0 Å². The van der Waals surface area contributed by atoms with Crippen molar-refractivity contribution < 1.29 is 19.4 Å². The average Bonchev–Trinajstić information content (AvgIpc) is 2.87. The molecule has 1 N–H and O–H groups in total. The van der Waals surface area contributed by atoms with Crippen LogP contribution in [0.1, 0.15) is 30.7 Å². The van der Waals surface area contributed by atoms with Crippen molar-refractivity contribution in [2.24, 2.45) is 5.92 Å². The first kappa shape index (κ1) is 12.7. The van der Waals surface area contributed by atoms with Gasteiger partial charge in [-0.1, -0.05) is 12.5 Å². The molecule has 2 rings (SSSR count). The Labute approximate surface area is 107 Å². The Balaban J connectivity index is 2.35. The maximum atomic E-state index is 11.2. The van der Waals surface area contributed by atoms with Gasteiger partial charge in [0.15, 0.2) is 0 Å². The van der Waals surface area contributed by atoms with Gasteiger partial charge in [-0.3, -0.25) is 4.79 Å². The molecule has 1 aromatic rings. The first-order chi connectivity index (χ1) is 8.67. The number of aliphatic carboxylic acids is 1. The van der Waals surface area contributed by atoms with E-state index in [0.717, 1.165) is 30.6 Å². The van der Waals surface area contributed by atoms with E-state index in [1.54, 1.807) is 14.2 Å².